The first-order chi connectivity index (χ1) is 15.7. The van der Waals surface area contributed by atoms with Gasteiger partial charge in [-0.15, -0.1) is 10.2 Å². The van der Waals surface area contributed by atoms with Gasteiger partial charge in [0.25, 0.3) is 0 Å². The van der Waals surface area contributed by atoms with Gasteiger partial charge in [-0.2, -0.15) is 9.61 Å². The molecule has 2 amide bonds. The normalized spacial score (nSPS) is 17.1. The lowest BCUT2D eigenvalue weighted by Crippen LogP contribution is -2.41. The highest BCUT2D eigenvalue weighted by molar-refractivity contribution is 7.19. The SMILES string of the molecule is O=C(Cc1ccc(-c2nn3c(CC(=O)N4CCOCC4)nnc3s2)cc1)N1CCOCC1. The molecule has 2 aromatic heterocycles. The van der Waals surface area contributed by atoms with Crippen LogP contribution in [0.15, 0.2) is 24.3 Å². The fraction of sp³-hybridized carbons (Fsp3) is 0.476. The van der Waals surface area contributed by atoms with Gasteiger partial charge in [0.05, 0.1) is 39.3 Å². The first-order valence-corrected chi connectivity index (χ1v) is 11.5. The molecular formula is C21H24N6O4S. The van der Waals surface area contributed by atoms with Gasteiger partial charge in [-0.05, 0) is 5.56 Å². The molecule has 5 rings (SSSR count). The van der Waals surface area contributed by atoms with Crippen molar-refractivity contribution in [1.82, 2.24) is 29.6 Å². The zero-order valence-electron chi connectivity index (χ0n) is 17.6. The van der Waals surface area contributed by atoms with E-state index in [9.17, 15) is 9.59 Å². The topological polar surface area (TPSA) is 102 Å². The van der Waals surface area contributed by atoms with Crippen LogP contribution in [0.2, 0.25) is 0 Å². The molecule has 2 aliphatic rings. The number of hydrogen-bond donors (Lipinski definition) is 0. The Morgan fingerprint density at radius 1 is 0.844 bits per heavy atom. The molecule has 3 aromatic rings. The summed E-state index contributed by atoms with van der Waals surface area (Å²) < 4.78 is 12.3. The van der Waals surface area contributed by atoms with Crippen molar-refractivity contribution >= 4 is 28.1 Å². The van der Waals surface area contributed by atoms with Crippen molar-refractivity contribution in [3.8, 4) is 10.6 Å². The van der Waals surface area contributed by atoms with Crippen molar-refractivity contribution in [2.24, 2.45) is 0 Å². The number of nitrogens with zero attached hydrogens (tertiary/aromatic N) is 6. The lowest BCUT2D eigenvalue weighted by Gasteiger charge is -2.26. The molecule has 0 atom stereocenters. The van der Waals surface area contributed by atoms with Gasteiger partial charge in [-0.3, -0.25) is 9.59 Å². The van der Waals surface area contributed by atoms with E-state index in [1.807, 2.05) is 29.2 Å². The zero-order chi connectivity index (χ0) is 21.9. The van der Waals surface area contributed by atoms with Crippen LogP contribution in [-0.2, 0) is 31.9 Å². The van der Waals surface area contributed by atoms with Crippen LogP contribution >= 0.6 is 11.3 Å². The molecule has 0 unspecified atom stereocenters. The first kappa shape index (κ1) is 21.0. The maximum Gasteiger partial charge on any atom is 0.234 e. The van der Waals surface area contributed by atoms with Gasteiger partial charge >= 0.3 is 0 Å². The van der Waals surface area contributed by atoms with E-state index >= 15 is 0 Å². The van der Waals surface area contributed by atoms with Gasteiger partial charge in [0.1, 0.15) is 5.01 Å². The van der Waals surface area contributed by atoms with E-state index in [0.717, 1.165) is 16.1 Å². The summed E-state index contributed by atoms with van der Waals surface area (Å²) in [5.74, 6) is 0.660. The molecule has 0 radical (unpaired) electrons. The second-order valence-corrected chi connectivity index (χ2v) is 8.71. The van der Waals surface area contributed by atoms with Gasteiger partial charge in [-0.1, -0.05) is 35.6 Å². The van der Waals surface area contributed by atoms with E-state index in [2.05, 4.69) is 15.3 Å². The van der Waals surface area contributed by atoms with Crippen LogP contribution in [0, 0.1) is 0 Å². The molecule has 1 aromatic carbocycles. The van der Waals surface area contributed by atoms with E-state index in [0.29, 0.717) is 69.8 Å². The van der Waals surface area contributed by atoms with Gasteiger partial charge in [0.2, 0.25) is 16.8 Å². The summed E-state index contributed by atoms with van der Waals surface area (Å²) in [6, 6.07) is 7.84. The Labute approximate surface area is 188 Å². The highest BCUT2D eigenvalue weighted by atomic mass is 32.1. The Bertz CT molecular complexity index is 1100. The van der Waals surface area contributed by atoms with E-state index in [-0.39, 0.29) is 18.2 Å². The van der Waals surface area contributed by atoms with Crippen molar-refractivity contribution in [2.75, 3.05) is 52.6 Å². The Hall–Kier alpha value is -2.89. The number of benzene rings is 1. The van der Waals surface area contributed by atoms with Crippen LogP contribution in [0.5, 0.6) is 0 Å². The largest absolute Gasteiger partial charge is 0.378 e. The van der Waals surface area contributed by atoms with Gasteiger partial charge < -0.3 is 19.3 Å². The molecule has 10 nitrogen and oxygen atoms in total. The van der Waals surface area contributed by atoms with E-state index in [1.165, 1.54) is 11.3 Å². The number of hydrogen-bond acceptors (Lipinski definition) is 8. The van der Waals surface area contributed by atoms with Gasteiger partial charge in [-0.25, -0.2) is 0 Å². The molecule has 2 aliphatic heterocycles. The van der Waals surface area contributed by atoms with Crippen LogP contribution in [0.25, 0.3) is 15.5 Å². The van der Waals surface area contributed by atoms with E-state index < -0.39 is 0 Å². The number of aromatic nitrogens is 4. The standard InChI is InChI=1S/C21H24N6O4S/c28-18(25-5-9-30-10-6-25)13-15-1-3-16(4-2-15)20-24-27-17(22-23-21(27)32-20)14-19(29)26-7-11-31-12-8-26/h1-4H,5-14H2. The molecule has 0 spiro atoms. The number of ether oxygens (including phenoxy) is 2. The van der Waals surface area contributed by atoms with Gasteiger partial charge in [0, 0.05) is 31.7 Å². The Morgan fingerprint density at radius 3 is 2.06 bits per heavy atom. The molecule has 0 bridgehead atoms. The van der Waals surface area contributed by atoms with Crippen molar-refractivity contribution in [2.45, 2.75) is 12.8 Å². The molecular weight excluding hydrogens is 432 g/mol. The Kier molecular flexibility index (Phi) is 6.10. The summed E-state index contributed by atoms with van der Waals surface area (Å²) in [6.45, 7) is 4.84. The molecule has 32 heavy (non-hydrogen) atoms. The number of carbonyl (C=O) groups is 2. The zero-order valence-corrected chi connectivity index (χ0v) is 18.4. The first-order valence-electron chi connectivity index (χ1n) is 10.7. The highest BCUT2D eigenvalue weighted by Gasteiger charge is 2.21. The lowest BCUT2D eigenvalue weighted by molar-refractivity contribution is -0.135. The summed E-state index contributed by atoms with van der Waals surface area (Å²) in [7, 11) is 0. The van der Waals surface area contributed by atoms with Crippen molar-refractivity contribution in [3.05, 3.63) is 35.7 Å². The molecule has 11 heteroatoms. The number of amides is 2. The predicted molar refractivity (Wildman–Crippen MR) is 116 cm³/mol. The van der Waals surface area contributed by atoms with Crippen LogP contribution in [0.3, 0.4) is 0 Å². The molecule has 0 aliphatic carbocycles. The fourth-order valence-corrected chi connectivity index (χ4v) is 4.67. The third-order valence-electron chi connectivity index (χ3n) is 5.65. The van der Waals surface area contributed by atoms with Crippen molar-refractivity contribution < 1.29 is 19.1 Å². The van der Waals surface area contributed by atoms with Crippen LogP contribution < -0.4 is 0 Å². The summed E-state index contributed by atoms with van der Waals surface area (Å²) in [4.78, 5) is 29.3. The van der Waals surface area contributed by atoms with Crippen LogP contribution in [0.4, 0.5) is 0 Å². The average Bonchev–Trinajstić information content (AvgIpc) is 3.42. The molecule has 0 N–H and O–H groups in total. The number of carbonyl (C=O) groups excluding carboxylic acids is 2. The minimum atomic E-state index is 0.00596. The smallest absolute Gasteiger partial charge is 0.234 e. The number of rotatable bonds is 5. The summed E-state index contributed by atoms with van der Waals surface area (Å²) in [6.07, 6.45) is 0.534. The number of fused-ring (bicyclic) bond motifs is 1. The van der Waals surface area contributed by atoms with Gasteiger partial charge in [0.15, 0.2) is 5.82 Å². The molecule has 2 saturated heterocycles. The highest BCUT2D eigenvalue weighted by Crippen LogP contribution is 2.26. The Balaban J connectivity index is 1.26. The monoisotopic (exact) mass is 456 g/mol. The van der Waals surface area contributed by atoms with Crippen LogP contribution in [0.1, 0.15) is 11.4 Å². The lowest BCUT2D eigenvalue weighted by atomic mass is 10.1. The molecule has 2 fully saturated rings. The minimum Gasteiger partial charge on any atom is -0.378 e. The second-order valence-electron chi connectivity index (χ2n) is 7.75. The quantitative estimate of drug-likeness (QED) is 0.556. The van der Waals surface area contributed by atoms with Crippen molar-refractivity contribution in [3.63, 3.8) is 0 Å². The fourth-order valence-electron chi connectivity index (χ4n) is 3.81. The number of morpholine rings is 2. The third kappa shape index (κ3) is 4.50. The minimum absolute atomic E-state index is 0.00596. The van der Waals surface area contributed by atoms with Crippen molar-refractivity contribution in [1.29, 1.82) is 0 Å². The molecule has 0 saturated carbocycles. The third-order valence-corrected chi connectivity index (χ3v) is 6.60. The maximum absolute atomic E-state index is 12.6. The Morgan fingerprint density at radius 2 is 1.44 bits per heavy atom. The summed E-state index contributed by atoms with van der Waals surface area (Å²) >= 11 is 1.42. The van der Waals surface area contributed by atoms with E-state index in [4.69, 9.17) is 9.47 Å². The average molecular weight is 457 g/mol. The maximum atomic E-state index is 12.6. The molecule has 4 heterocycles. The molecule has 168 valence electrons. The predicted octanol–water partition coefficient (Wildman–Crippen LogP) is 0.655. The summed E-state index contributed by atoms with van der Waals surface area (Å²) in [5.41, 5.74) is 1.90. The van der Waals surface area contributed by atoms with Crippen LogP contribution in [-0.4, -0.2) is 94.0 Å². The van der Waals surface area contributed by atoms with E-state index in [1.54, 1.807) is 9.42 Å². The second kappa shape index (κ2) is 9.31. The summed E-state index contributed by atoms with van der Waals surface area (Å²) in [5, 5.41) is 13.8.